The summed E-state index contributed by atoms with van der Waals surface area (Å²) in [5.74, 6) is 4.74. The monoisotopic (exact) mass is 999 g/mol. The Balaban J connectivity index is 0.000000239. The molecule has 0 radical (unpaired) electrons. The van der Waals surface area contributed by atoms with Crippen molar-refractivity contribution in [3.63, 3.8) is 0 Å². The summed E-state index contributed by atoms with van der Waals surface area (Å²) in [4.78, 5) is 26.8. The summed E-state index contributed by atoms with van der Waals surface area (Å²) < 4.78 is 32.9. The molecular weight excluding hydrogens is 913 g/mol. The lowest BCUT2D eigenvalue weighted by Crippen LogP contribution is -2.07. The molecule has 0 saturated carbocycles. The van der Waals surface area contributed by atoms with E-state index in [9.17, 15) is 0 Å². The Bertz CT molecular complexity index is 2230. The second-order valence-electron chi connectivity index (χ2n) is 18.0. The highest BCUT2D eigenvalue weighted by Gasteiger charge is 2.06. The number of unbranched alkanes of at least 4 members (excludes halogenated alkanes) is 8. The third-order valence-corrected chi connectivity index (χ3v) is 11.5. The first-order chi connectivity index (χ1) is 36.0. The minimum Gasteiger partial charge on any atom is -0.491 e. The maximum Gasteiger partial charge on any atom is 0.189 e. The van der Waals surface area contributed by atoms with Crippen molar-refractivity contribution in [2.75, 3.05) is 53.0 Å². The van der Waals surface area contributed by atoms with Gasteiger partial charge in [0.15, 0.2) is 24.3 Å². The predicted molar refractivity (Wildman–Crippen MR) is 296 cm³/mol. The van der Waals surface area contributed by atoms with Crippen molar-refractivity contribution in [3.8, 4) is 51.4 Å². The highest BCUT2D eigenvalue weighted by molar-refractivity contribution is 5.57. The number of benzene rings is 3. The van der Waals surface area contributed by atoms with E-state index in [-0.39, 0.29) is 6.79 Å². The van der Waals surface area contributed by atoms with Gasteiger partial charge in [-0.15, -0.1) is 0 Å². The summed E-state index contributed by atoms with van der Waals surface area (Å²) in [6, 6.07) is 23.6. The minimum absolute atomic E-state index is 0.289. The molecule has 6 rings (SSSR count). The van der Waals surface area contributed by atoms with Crippen LogP contribution >= 0.6 is 0 Å². The fraction of sp³-hybridized carbons (Fsp3) is 0.508. The molecule has 0 spiro atoms. The highest BCUT2D eigenvalue weighted by atomic mass is 16.7. The lowest BCUT2D eigenvalue weighted by Gasteiger charge is -2.07. The van der Waals surface area contributed by atoms with Gasteiger partial charge in [-0.1, -0.05) is 99.3 Å². The van der Waals surface area contributed by atoms with Crippen LogP contribution in [0.3, 0.4) is 0 Å². The third-order valence-electron chi connectivity index (χ3n) is 11.5. The lowest BCUT2D eigenvalue weighted by atomic mass is 10.1. The summed E-state index contributed by atoms with van der Waals surface area (Å²) in [7, 11) is 0. The van der Waals surface area contributed by atoms with Gasteiger partial charge in [0, 0.05) is 67.1 Å². The number of aromatic nitrogens is 6. The van der Waals surface area contributed by atoms with Gasteiger partial charge < -0.3 is 28.4 Å². The molecule has 6 aromatic rings. The molecule has 0 saturated heterocycles. The zero-order valence-corrected chi connectivity index (χ0v) is 45.2. The average molecular weight is 999 g/mol. The van der Waals surface area contributed by atoms with Crippen LogP contribution in [-0.2, 0) is 33.5 Å². The molecule has 0 aliphatic rings. The molecule has 396 valence electrons. The number of ether oxygens (including phenoxy) is 6. The highest BCUT2D eigenvalue weighted by Crippen LogP contribution is 2.22. The number of hydrogen-bond acceptors (Lipinski definition) is 12. The Morgan fingerprint density at radius 2 is 0.630 bits per heavy atom. The fourth-order valence-corrected chi connectivity index (χ4v) is 7.37. The molecule has 0 unspecified atom stereocenters. The standard InChI is InChI=1S/C24H36N2O2.C19H26N2O2.C18H24N2O2/c1-3-5-6-7-8-9-10-11-12-21-18-25-24(26-19-21)22-13-15-23(16-14-22)28-20-27-17-4-2;1-3-5-6-16-14-20-19(21-15-16)17-7-9-18(10-8-17)23-13-12-22-11-4-2;1-3-5-15-13-19-18(20-14-15)16-6-8-17(9-7-16)22-12-11-21-10-4-2/h13-16,18-19H,3-12,17,20H2,1-2H3;7-10,14-15H,3-6,11-13H2,1-2H3;6-9,13-14H,3-5,10-12H2,1-2H3. The van der Waals surface area contributed by atoms with Crippen molar-refractivity contribution >= 4 is 0 Å². The van der Waals surface area contributed by atoms with Gasteiger partial charge in [-0.05, 0) is 141 Å². The molecule has 0 amide bonds. The second kappa shape index (κ2) is 38.8. The van der Waals surface area contributed by atoms with Crippen molar-refractivity contribution in [3.05, 3.63) is 127 Å². The van der Waals surface area contributed by atoms with E-state index >= 15 is 0 Å². The van der Waals surface area contributed by atoms with Crippen LogP contribution in [0.2, 0.25) is 0 Å². The van der Waals surface area contributed by atoms with Gasteiger partial charge in [0.2, 0.25) is 0 Å². The summed E-state index contributed by atoms with van der Waals surface area (Å²) in [5, 5.41) is 0. The Labute approximate surface area is 438 Å². The summed E-state index contributed by atoms with van der Waals surface area (Å²) in [6.45, 7) is 17.8. The van der Waals surface area contributed by atoms with Crippen LogP contribution in [0.4, 0.5) is 0 Å². The molecule has 0 aliphatic carbocycles. The maximum atomic E-state index is 5.64. The molecule has 73 heavy (non-hydrogen) atoms. The fourth-order valence-electron chi connectivity index (χ4n) is 7.37. The van der Waals surface area contributed by atoms with Crippen molar-refractivity contribution in [2.45, 2.75) is 151 Å². The van der Waals surface area contributed by atoms with E-state index in [0.717, 1.165) is 116 Å². The van der Waals surface area contributed by atoms with Crippen LogP contribution in [0.15, 0.2) is 110 Å². The molecular formula is C61H86N6O6. The number of rotatable bonds is 34. The van der Waals surface area contributed by atoms with E-state index in [1.165, 1.54) is 80.9 Å². The van der Waals surface area contributed by atoms with Crippen LogP contribution in [0.5, 0.6) is 17.2 Å². The molecule has 3 aromatic heterocycles. The van der Waals surface area contributed by atoms with Crippen molar-refractivity contribution in [1.82, 2.24) is 29.9 Å². The number of hydrogen-bond donors (Lipinski definition) is 0. The normalized spacial score (nSPS) is 10.8. The number of aryl methyl sites for hydroxylation is 3. The Hall–Kier alpha value is -5.82. The molecule has 3 heterocycles. The topological polar surface area (TPSA) is 133 Å². The van der Waals surface area contributed by atoms with Crippen molar-refractivity contribution < 1.29 is 28.4 Å². The Kier molecular flexibility index (Phi) is 31.7. The van der Waals surface area contributed by atoms with Crippen molar-refractivity contribution in [2.24, 2.45) is 0 Å². The lowest BCUT2D eigenvalue weighted by molar-refractivity contribution is 0.0157. The average Bonchev–Trinajstić information content (AvgIpc) is 3.44. The Morgan fingerprint density at radius 1 is 0.288 bits per heavy atom. The van der Waals surface area contributed by atoms with Crippen LogP contribution in [0, 0.1) is 0 Å². The van der Waals surface area contributed by atoms with E-state index in [4.69, 9.17) is 28.4 Å². The molecule has 0 N–H and O–H groups in total. The molecule has 12 nitrogen and oxygen atoms in total. The Morgan fingerprint density at radius 3 is 1.01 bits per heavy atom. The van der Waals surface area contributed by atoms with Crippen LogP contribution in [0.1, 0.15) is 148 Å². The van der Waals surface area contributed by atoms with Gasteiger partial charge in [0.1, 0.15) is 30.5 Å². The predicted octanol–water partition coefficient (Wildman–Crippen LogP) is 14.8. The van der Waals surface area contributed by atoms with Gasteiger partial charge >= 0.3 is 0 Å². The van der Waals surface area contributed by atoms with Gasteiger partial charge in [-0.3, -0.25) is 0 Å². The van der Waals surface area contributed by atoms with Crippen LogP contribution in [0.25, 0.3) is 34.2 Å². The first-order valence-corrected chi connectivity index (χ1v) is 27.4. The molecule has 0 atom stereocenters. The zero-order valence-electron chi connectivity index (χ0n) is 45.2. The van der Waals surface area contributed by atoms with Gasteiger partial charge in [-0.2, -0.15) is 0 Å². The van der Waals surface area contributed by atoms with Crippen LogP contribution in [-0.4, -0.2) is 82.9 Å². The van der Waals surface area contributed by atoms with E-state index < -0.39 is 0 Å². The van der Waals surface area contributed by atoms with Crippen LogP contribution < -0.4 is 14.2 Å². The maximum absolute atomic E-state index is 5.64. The largest absolute Gasteiger partial charge is 0.491 e. The van der Waals surface area contributed by atoms with Crippen molar-refractivity contribution in [1.29, 1.82) is 0 Å². The zero-order chi connectivity index (χ0) is 51.8. The second-order valence-corrected chi connectivity index (χ2v) is 18.0. The van der Waals surface area contributed by atoms with E-state index in [0.29, 0.717) is 26.4 Å². The van der Waals surface area contributed by atoms with E-state index in [1.54, 1.807) is 0 Å². The van der Waals surface area contributed by atoms with E-state index in [1.807, 2.05) is 110 Å². The van der Waals surface area contributed by atoms with E-state index in [2.05, 4.69) is 71.4 Å². The summed E-state index contributed by atoms with van der Waals surface area (Å²) in [5.41, 5.74) is 6.60. The smallest absolute Gasteiger partial charge is 0.189 e. The first-order valence-electron chi connectivity index (χ1n) is 27.4. The molecule has 12 heteroatoms. The molecule has 3 aromatic carbocycles. The summed E-state index contributed by atoms with van der Waals surface area (Å²) in [6.07, 6.45) is 32.0. The SMILES string of the molecule is CCCCCCCCCCc1cnc(-c2ccc(OCOCCC)cc2)nc1.CCCCc1cnc(-c2ccc(OCCOCCC)cc2)nc1.CCCOCCOc1ccc(-c2ncc(CCC)cn2)cc1. The van der Waals surface area contributed by atoms with Gasteiger partial charge in [0.05, 0.1) is 19.8 Å². The molecule has 0 aliphatic heterocycles. The summed E-state index contributed by atoms with van der Waals surface area (Å²) >= 11 is 0. The van der Waals surface area contributed by atoms with Gasteiger partial charge in [-0.25, -0.2) is 29.9 Å². The quantitative estimate of drug-likeness (QED) is 0.0281. The minimum atomic E-state index is 0.289. The first kappa shape index (κ1) is 59.7. The molecule has 0 fully saturated rings. The number of nitrogens with zero attached hydrogens (tertiary/aromatic N) is 6. The molecule has 0 bridgehead atoms. The third kappa shape index (κ3) is 25.6. The van der Waals surface area contributed by atoms with Gasteiger partial charge in [0.25, 0.3) is 0 Å².